The predicted molar refractivity (Wildman–Crippen MR) is 136 cm³/mol. The zero-order valence-corrected chi connectivity index (χ0v) is 20.4. The maximum absolute atomic E-state index is 13.5. The summed E-state index contributed by atoms with van der Waals surface area (Å²) in [4.78, 5) is 45.9. The molecule has 6 nitrogen and oxygen atoms in total. The van der Waals surface area contributed by atoms with E-state index in [1.807, 2.05) is 70.5 Å². The Morgan fingerprint density at radius 2 is 1.43 bits per heavy atom. The minimum absolute atomic E-state index is 0.0435. The maximum atomic E-state index is 13.5. The molecule has 4 fully saturated rings. The minimum atomic E-state index is -0.335. The van der Waals surface area contributed by atoms with Gasteiger partial charge in [-0.25, -0.2) is 0 Å². The number of rotatable bonds is 7. The molecule has 184 valence electrons. The van der Waals surface area contributed by atoms with E-state index in [1.165, 1.54) is 0 Å². The summed E-state index contributed by atoms with van der Waals surface area (Å²) in [6, 6.07) is 19.3. The van der Waals surface area contributed by atoms with Gasteiger partial charge in [0.15, 0.2) is 0 Å². The van der Waals surface area contributed by atoms with Crippen LogP contribution < -0.4 is 4.90 Å². The van der Waals surface area contributed by atoms with Gasteiger partial charge in [-0.15, -0.1) is 0 Å². The van der Waals surface area contributed by atoms with Crippen molar-refractivity contribution in [3.63, 3.8) is 0 Å². The van der Waals surface area contributed by atoms with Crippen molar-refractivity contribution in [1.82, 2.24) is 9.80 Å². The number of amides is 3. The molecule has 35 heavy (non-hydrogen) atoms. The molecule has 4 aliphatic rings. The van der Waals surface area contributed by atoms with Crippen molar-refractivity contribution in [1.29, 1.82) is 0 Å². The van der Waals surface area contributed by atoms with E-state index in [0.29, 0.717) is 6.54 Å². The molecule has 3 heterocycles. The fraction of sp³-hybridized carbons (Fsp3) is 0.483. The third-order valence-corrected chi connectivity index (χ3v) is 7.94. The van der Waals surface area contributed by atoms with Gasteiger partial charge in [-0.05, 0) is 62.1 Å². The Hall–Kier alpha value is -3.15. The highest BCUT2D eigenvalue weighted by Gasteiger charge is 2.48. The van der Waals surface area contributed by atoms with E-state index in [2.05, 4.69) is 0 Å². The Morgan fingerprint density at radius 3 is 2.09 bits per heavy atom. The van der Waals surface area contributed by atoms with Gasteiger partial charge < -0.3 is 14.7 Å². The number of carbonyl (C=O) groups excluding carboxylic acids is 3. The summed E-state index contributed by atoms with van der Waals surface area (Å²) >= 11 is 0. The first-order valence-electron chi connectivity index (χ1n) is 13.1. The third-order valence-electron chi connectivity index (χ3n) is 7.94. The Kier molecular flexibility index (Phi) is 7.16. The van der Waals surface area contributed by atoms with Crippen LogP contribution in [-0.2, 0) is 20.9 Å². The monoisotopic (exact) mass is 473 g/mol. The Morgan fingerprint density at radius 1 is 0.800 bits per heavy atom. The van der Waals surface area contributed by atoms with Crippen molar-refractivity contribution in [3.05, 3.63) is 66.2 Å². The van der Waals surface area contributed by atoms with Crippen LogP contribution in [0.25, 0.3) is 0 Å². The van der Waals surface area contributed by atoms with E-state index < -0.39 is 0 Å². The zero-order valence-electron chi connectivity index (χ0n) is 20.4. The molecule has 2 bridgehead atoms. The van der Waals surface area contributed by atoms with Crippen molar-refractivity contribution in [3.8, 4) is 0 Å². The van der Waals surface area contributed by atoms with Crippen LogP contribution in [0.5, 0.6) is 0 Å². The lowest BCUT2D eigenvalue weighted by Crippen LogP contribution is -2.63. The number of likely N-dealkylation sites (tertiary alicyclic amines) is 1. The maximum Gasteiger partial charge on any atom is 0.245 e. The molecule has 1 atom stereocenters. The van der Waals surface area contributed by atoms with E-state index in [-0.39, 0.29) is 48.6 Å². The van der Waals surface area contributed by atoms with Gasteiger partial charge in [0.25, 0.3) is 0 Å². The summed E-state index contributed by atoms with van der Waals surface area (Å²) in [5.74, 6) is 0.272. The van der Waals surface area contributed by atoms with Crippen LogP contribution in [0, 0.1) is 5.92 Å². The number of anilines is 1. The van der Waals surface area contributed by atoms with E-state index in [4.69, 9.17) is 0 Å². The summed E-state index contributed by atoms with van der Waals surface area (Å²) in [5, 5.41) is 0. The Balaban J connectivity index is 1.29. The van der Waals surface area contributed by atoms with Gasteiger partial charge in [-0.2, -0.15) is 0 Å². The molecule has 1 saturated carbocycles. The number of nitrogens with zero attached hydrogens (tertiary/aromatic N) is 3. The quantitative estimate of drug-likeness (QED) is 0.599. The molecule has 0 N–H and O–H groups in total. The lowest BCUT2D eigenvalue weighted by atomic mass is 9.74. The first-order valence-corrected chi connectivity index (χ1v) is 13.1. The number of hydrogen-bond donors (Lipinski definition) is 0. The topological polar surface area (TPSA) is 60.9 Å². The van der Waals surface area contributed by atoms with Crippen LogP contribution >= 0.6 is 0 Å². The first-order chi connectivity index (χ1) is 17.1. The van der Waals surface area contributed by atoms with Crippen LogP contribution in [0.3, 0.4) is 0 Å². The molecule has 3 amide bonds. The van der Waals surface area contributed by atoms with Crippen LogP contribution in [-0.4, -0.2) is 52.7 Å². The number of benzene rings is 2. The van der Waals surface area contributed by atoms with Crippen LogP contribution in [0.15, 0.2) is 60.7 Å². The summed E-state index contributed by atoms with van der Waals surface area (Å²) in [7, 11) is 0. The van der Waals surface area contributed by atoms with Gasteiger partial charge in [-0.1, -0.05) is 48.5 Å². The molecule has 6 heteroatoms. The van der Waals surface area contributed by atoms with Crippen LogP contribution in [0.1, 0.15) is 56.9 Å². The molecule has 2 aromatic rings. The van der Waals surface area contributed by atoms with Gasteiger partial charge in [0.05, 0.1) is 6.54 Å². The van der Waals surface area contributed by atoms with Gasteiger partial charge in [0.2, 0.25) is 17.7 Å². The number of hydrogen-bond acceptors (Lipinski definition) is 3. The largest absolute Gasteiger partial charge is 0.341 e. The average Bonchev–Trinajstić information content (AvgIpc) is 3.46. The van der Waals surface area contributed by atoms with E-state index >= 15 is 0 Å². The molecule has 0 aromatic heterocycles. The van der Waals surface area contributed by atoms with Gasteiger partial charge in [0.1, 0.15) is 6.04 Å². The average molecular weight is 474 g/mol. The second kappa shape index (κ2) is 10.6. The first kappa shape index (κ1) is 23.6. The molecule has 0 spiro atoms. The molecule has 0 unspecified atom stereocenters. The highest BCUT2D eigenvalue weighted by Crippen LogP contribution is 2.41. The standard InChI is InChI=1S/C29H35N3O3/c33-26(31(24-11-5-2-6-12-24)21-22-9-3-1-4-10-22)17-18-27(34)32-25-15-13-23(14-16-25)28(32)29(35)30-19-7-8-20-30/h1-6,9-12,23,25,28H,7-8,13-21H2/t23?,25?,28-/m0/s1. The molecule has 6 rings (SSSR count). The lowest BCUT2D eigenvalue weighted by molar-refractivity contribution is -0.158. The van der Waals surface area contributed by atoms with E-state index in [0.717, 1.165) is 62.9 Å². The minimum Gasteiger partial charge on any atom is -0.341 e. The van der Waals surface area contributed by atoms with Crippen molar-refractivity contribution in [2.45, 2.75) is 70.0 Å². The van der Waals surface area contributed by atoms with E-state index in [1.54, 1.807) is 4.90 Å². The van der Waals surface area contributed by atoms with Gasteiger partial charge in [-0.3, -0.25) is 14.4 Å². The summed E-state index contributed by atoms with van der Waals surface area (Å²) in [5.41, 5.74) is 1.87. The third kappa shape index (κ3) is 5.12. The molecular weight excluding hydrogens is 438 g/mol. The zero-order chi connectivity index (χ0) is 24.2. The van der Waals surface area contributed by atoms with Gasteiger partial charge >= 0.3 is 0 Å². The second-order valence-corrected chi connectivity index (χ2v) is 10.1. The summed E-state index contributed by atoms with van der Waals surface area (Å²) in [6.07, 6.45) is 6.37. The fourth-order valence-electron chi connectivity index (χ4n) is 6.13. The Bertz CT molecular complexity index is 1030. The molecule has 2 aromatic carbocycles. The highest BCUT2D eigenvalue weighted by atomic mass is 16.2. The highest BCUT2D eigenvalue weighted by molar-refractivity contribution is 5.96. The Labute approximate surface area is 207 Å². The van der Waals surface area contributed by atoms with Crippen molar-refractivity contribution in [2.24, 2.45) is 5.92 Å². The van der Waals surface area contributed by atoms with Gasteiger partial charge in [0, 0.05) is 37.7 Å². The van der Waals surface area contributed by atoms with Crippen molar-refractivity contribution in [2.75, 3.05) is 18.0 Å². The van der Waals surface area contributed by atoms with Crippen LogP contribution in [0.4, 0.5) is 5.69 Å². The molecule has 3 saturated heterocycles. The summed E-state index contributed by atoms with van der Waals surface area (Å²) < 4.78 is 0. The predicted octanol–water partition coefficient (Wildman–Crippen LogP) is 4.39. The SMILES string of the molecule is O=C([C@@H]1C2CCC(CC2)N1C(=O)CCC(=O)N(Cc1ccccc1)c1ccccc1)N1CCCC1. The normalized spacial score (nSPS) is 23.4. The van der Waals surface area contributed by atoms with Crippen molar-refractivity contribution < 1.29 is 14.4 Å². The number of fused-ring (bicyclic) bond motifs is 3. The molecule has 1 aliphatic carbocycles. The number of carbonyl (C=O) groups is 3. The van der Waals surface area contributed by atoms with Crippen LogP contribution in [0.2, 0.25) is 0 Å². The molecule has 0 radical (unpaired) electrons. The molecular formula is C29H35N3O3. The van der Waals surface area contributed by atoms with E-state index in [9.17, 15) is 14.4 Å². The smallest absolute Gasteiger partial charge is 0.245 e. The summed E-state index contributed by atoms with van der Waals surface area (Å²) in [6.45, 7) is 2.07. The number of piperidine rings is 2. The second-order valence-electron chi connectivity index (χ2n) is 10.1. The van der Waals surface area contributed by atoms with Crippen molar-refractivity contribution >= 4 is 23.4 Å². The number of para-hydroxylation sites is 1. The molecule has 3 aliphatic heterocycles. The fourth-order valence-corrected chi connectivity index (χ4v) is 6.13. The lowest BCUT2D eigenvalue weighted by Gasteiger charge is -2.51.